The van der Waals surface area contributed by atoms with Gasteiger partial charge in [-0.25, -0.2) is 9.18 Å². The van der Waals surface area contributed by atoms with E-state index in [2.05, 4.69) is 4.98 Å². The lowest BCUT2D eigenvalue weighted by molar-refractivity contribution is 0.0593. The maximum atomic E-state index is 13.2. The van der Waals surface area contributed by atoms with Gasteiger partial charge in [0.1, 0.15) is 11.5 Å². The van der Waals surface area contributed by atoms with Gasteiger partial charge in [0.05, 0.1) is 13.7 Å². The Kier molecular flexibility index (Phi) is 5.63. The minimum absolute atomic E-state index is 0.104. The monoisotopic (exact) mass is 386 g/mol. The summed E-state index contributed by atoms with van der Waals surface area (Å²) >= 11 is 0. The van der Waals surface area contributed by atoms with Crippen LogP contribution in [0.15, 0.2) is 24.3 Å². The standard InChI is InChI=1S/C21H23FN2O4/c1-12-18(13(2)23-19(12)21(27)28-3)17(25)11-24(10-14-4-5-14)20(26)15-6-8-16(22)9-7-15/h6-9,14,23H,4-5,10-11H2,1-3H3. The number of methoxy groups -OCH3 is 1. The van der Waals surface area contributed by atoms with Crippen molar-refractivity contribution in [1.82, 2.24) is 9.88 Å². The van der Waals surface area contributed by atoms with Crippen LogP contribution < -0.4 is 0 Å². The molecule has 28 heavy (non-hydrogen) atoms. The van der Waals surface area contributed by atoms with Gasteiger partial charge in [-0.1, -0.05) is 0 Å². The summed E-state index contributed by atoms with van der Waals surface area (Å²) in [7, 11) is 1.28. The number of ketones is 1. The highest BCUT2D eigenvalue weighted by Crippen LogP contribution is 2.30. The van der Waals surface area contributed by atoms with Crippen LogP contribution in [0.1, 0.15) is 55.3 Å². The molecule has 0 bridgehead atoms. The van der Waals surface area contributed by atoms with Gasteiger partial charge in [-0.15, -0.1) is 0 Å². The Morgan fingerprint density at radius 1 is 1.18 bits per heavy atom. The third-order valence-electron chi connectivity index (χ3n) is 4.99. The molecular formula is C21H23FN2O4. The molecule has 0 atom stereocenters. The van der Waals surface area contributed by atoms with Crippen LogP contribution in [0.4, 0.5) is 4.39 Å². The fourth-order valence-corrected chi connectivity index (χ4v) is 3.33. The third-order valence-corrected chi connectivity index (χ3v) is 4.99. The molecule has 148 valence electrons. The van der Waals surface area contributed by atoms with Gasteiger partial charge >= 0.3 is 5.97 Å². The van der Waals surface area contributed by atoms with E-state index >= 15 is 0 Å². The number of nitrogens with zero attached hydrogens (tertiary/aromatic N) is 1. The summed E-state index contributed by atoms with van der Waals surface area (Å²) < 4.78 is 17.9. The Balaban J connectivity index is 1.84. The molecule has 1 fully saturated rings. The summed E-state index contributed by atoms with van der Waals surface area (Å²) in [6.45, 7) is 3.76. The summed E-state index contributed by atoms with van der Waals surface area (Å²) in [5, 5.41) is 0. The number of aromatic amines is 1. The van der Waals surface area contributed by atoms with Crippen LogP contribution in [0.25, 0.3) is 0 Å². The second kappa shape index (κ2) is 7.96. The van der Waals surface area contributed by atoms with Crippen LogP contribution in [0.2, 0.25) is 0 Å². The fourth-order valence-electron chi connectivity index (χ4n) is 3.33. The number of aromatic nitrogens is 1. The quantitative estimate of drug-likeness (QED) is 0.585. The average molecular weight is 386 g/mol. The molecule has 0 radical (unpaired) electrons. The van der Waals surface area contributed by atoms with Crippen LogP contribution in [0, 0.1) is 25.6 Å². The second-order valence-electron chi connectivity index (χ2n) is 7.18. The largest absolute Gasteiger partial charge is 0.464 e. The number of aryl methyl sites for hydroxylation is 1. The number of carbonyl (C=O) groups excluding carboxylic acids is 3. The van der Waals surface area contributed by atoms with E-state index in [9.17, 15) is 18.8 Å². The molecule has 3 rings (SSSR count). The molecule has 1 aliphatic carbocycles. The number of ether oxygens (including phenoxy) is 1. The normalized spacial score (nSPS) is 13.3. The highest BCUT2D eigenvalue weighted by Gasteiger charge is 2.30. The zero-order chi connectivity index (χ0) is 20.4. The summed E-state index contributed by atoms with van der Waals surface area (Å²) in [6, 6.07) is 5.30. The van der Waals surface area contributed by atoms with Gasteiger partial charge in [-0.2, -0.15) is 0 Å². The van der Waals surface area contributed by atoms with Crippen molar-refractivity contribution in [2.75, 3.05) is 20.2 Å². The maximum absolute atomic E-state index is 13.2. The number of esters is 1. The molecule has 1 aromatic carbocycles. The predicted molar refractivity (Wildman–Crippen MR) is 101 cm³/mol. The Morgan fingerprint density at radius 3 is 2.39 bits per heavy atom. The Morgan fingerprint density at radius 2 is 1.82 bits per heavy atom. The molecule has 0 saturated heterocycles. The minimum Gasteiger partial charge on any atom is -0.464 e. The van der Waals surface area contributed by atoms with E-state index < -0.39 is 11.8 Å². The first-order valence-electron chi connectivity index (χ1n) is 9.17. The molecule has 1 heterocycles. The number of carbonyl (C=O) groups is 3. The number of amides is 1. The second-order valence-corrected chi connectivity index (χ2v) is 7.18. The van der Waals surface area contributed by atoms with Gasteiger partial charge in [0.2, 0.25) is 0 Å². The minimum atomic E-state index is -0.545. The number of rotatable bonds is 7. The molecule has 0 spiro atoms. The number of H-pyrrole nitrogens is 1. The molecule has 1 saturated carbocycles. The summed E-state index contributed by atoms with van der Waals surface area (Å²) in [5.74, 6) is -1.14. The smallest absolute Gasteiger partial charge is 0.354 e. The van der Waals surface area contributed by atoms with Crippen LogP contribution in [0.3, 0.4) is 0 Å². The van der Waals surface area contributed by atoms with E-state index in [0.29, 0.717) is 34.8 Å². The lowest BCUT2D eigenvalue weighted by Crippen LogP contribution is -2.37. The van der Waals surface area contributed by atoms with Crippen molar-refractivity contribution in [1.29, 1.82) is 0 Å². The van der Waals surface area contributed by atoms with E-state index in [0.717, 1.165) is 12.8 Å². The predicted octanol–water partition coefficient (Wildman–Crippen LogP) is 3.29. The third kappa shape index (κ3) is 4.13. The number of hydrogen-bond acceptors (Lipinski definition) is 4. The number of nitrogens with one attached hydrogen (secondary N) is 1. The Labute approximate surface area is 162 Å². The van der Waals surface area contributed by atoms with Crippen LogP contribution >= 0.6 is 0 Å². The van der Waals surface area contributed by atoms with E-state index in [1.165, 1.54) is 36.3 Å². The van der Waals surface area contributed by atoms with Gasteiger partial charge in [0, 0.05) is 23.4 Å². The van der Waals surface area contributed by atoms with Crippen molar-refractivity contribution < 1.29 is 23.5 Å². The molecule has 0 unspecified atom stereocenters. The van der Waals surface area contributed by atoms with Gasteiger partial charge in [0.25, 0.3) is 5.91 Å². The molecule has 1 aliphatic rings. The van der Waals surface area contributed by atoms with Crippen molar-refractivity contribution >= 4 is 17.7 Å². The van der Waals surface area contributed by atoms with E-state index in [1.54, 1.807) is 13.8 Å². The van der Waals surface area contributed by atoms with Gasteiger partial charge in [-0.3, -0.25) is 9.59 Å². The van der Waals surface area contributed by atoms with Crippen molar-refractivity contribution in [3.05, 3.63) is 58.2 Å². The highest BCUT2D eigenvalue weighted by molar-refractivity contribution is 6.05. The molecule has 7 heteroatoms. The lowest BCUT2D eigenvalue weighted by Gasteiger charge is -2.22. The van der Waals surface area contributed by atoms with E-state index in [1.807, 2.05) is 0 Å². The van der Waals surface area contributed by atoms with Crippen molar-refractivity contribution in [2.24, 2.45) is 5.92 Å². The molecule has 2 aromatic rings. The van der Waals surface area contributed by atoms with Crippen LogP contribution in [-0.2, 0) is 4.74 Å². The number of Topliss-reactive ketones (excluding diaryl/α,β-unsaturated/α-hetero) is 1. The lowest BCUT2D eigenvalue weighted by atomic mass is 10.0. The number of benzene rings is 1. The maximum Gasteiger partial charge on any atom is 0.354 e. The molecular weight excluding hydrogens is 363 g/mol. The molecule has 1 amide bonds. The van der Waals surface area contributed by atoms with Gasteiger partial charge in [-0.05, 0) is 62.4 Å². The van der Waals surface area contributed by atoms with Crippen LogP contribution in [0.5, 0.6) is 0 Å². The van der Waals surface area contributed by atoms with Gasteiger partial charge in [0.15, 0.2) is 5.78 Å². The van der Waals surface area contributed by atoms with Crippen molar-refractivity contribution in [3.8, 4) is 0 Å². The Hall–Kier alpha value is -2.96. The van der Waals surface area contributed by atoms with E-state index in [-0.39, 0.29) is 23.9 Å². The highest BCUT2D eigenvalue weighted by atomic mass is 19.1. The van der Waals surface area contributed by atoms with Crippen molar-refractivity contribution in [3.63, 3.8) is 0 Å². The number of halogens is 1. The summed E-state index contributed by atoms with van der Waals surface area (Å²) in [4.78, 5) is 42.1. The first-order valence-corrected chi connectivity index (χ1v) is 9.17. The topological polar surface area (TPSA) is 79.5 Å². The zero-order valence-corrected chi connectivity index (χ0v) is 16.2. The van der Waals surface area contributed by atoms with Gasteiger partial charge < -0.3 is 14.6 Å². The average Bonchev–Trinajstić information content (AvgIpc) is 3.43. The molecule has 1 N–H and O–H groups in total. The zero-order valence-electron chi connectivity index (χ0n) is 16.2. The summed E-state index contributed by atoms with van der Waals surface area (Å²) in [6.07, 6.45) is 2.05. The molecule has 0 aliphatic heterocycles. The SMILES string of the molecule is COC(=O)c1[nH]c(C)c(C(=O)CN(CC2CC2)C(=O)c2ccc(F)cc2)c1C. The summed E-state index contributed by atoms with van der Waals surface area (Å²) in [5.41, 5.74) is 2.04. The van der Waals surface area contributed by atoms with Crippen molar-refractivity contribution in [2.45, 2.75) is 26.7 Å². The van der Waals surface area contributed by atoms with E-state index in [4.69, 9.17) is 4.74 Å². The first-order chi connectivity index (χ1) is 13.3. The number of hydrogen-bond donors (Lipinski definition) is 1. The van der Waals surface area contributed by atoms with Crippen LogP contribution in [-0.4, -0.2) is 47.7 Å². The molecule has 1 aromatic heterocycles. The Bertz CT molecular complexity index is 913. The fraction of sp³-hybridized carbons (Fsp3) is 0.381. The first kappa shape index (κ1) is 19.8. The molecule has 6 nitrogen and oxygen atoms in total.